The van der Waals surface area contributed by atoms with Gasteiger partial charge in [-0.25, -0.2) is 9.18 Å². The molecule has 0 amide bonds. The number of carboxylic acids is 1. The van der Waals surface area contributed by atoms with Crippen LogP contribution >= 0.6 is 15.9 Å². The maximum absolute atomic E-state index is 13.8. The summed E-state index contributed by atoms with van der Waals surface area (Å²) in [7, 11) is 0. The fourth-order valence-electron chi connectivity index (χ4n) is 2.41. The van der Waals surface area contributed by atoms with E-state index in [1.165, 1.54) is 6.07 Å². The Balaban J connectivity index is 2.34. The van der Waals surface area contributed by atoms with Gasteiger partial charge in [0.15, 0.2) is 0 Å². The first-order valence-electron chi connectivity index (χ1n) is 6.29. The van der Waals surface area contributed by atoms with Crippen molar-refractivity contribution in [1.82, 2.24) is 0 Å². The number of hydrogen-bond donors (Lipinski definition) is 1. The van der Waals surface area contributed by atoms with Crippen LogP contribution in [-0.2, 0) is 0 Å². The lowest BCUT2D eigenvalue weighted by Crippen LogP contribution is -2.03. The molecule has 0 unspecified atom stereocenters. The van der Waals surface area contributed by atoms with Gasteiger partial charge in [-0.15, -0.1) is 0 Å². The van der Waals surface area contributed by atoms with E-state index in [0.29, 0.717) is 11.1 Å². The maximum atomic E-state index is 13.8. The number of aromatic carboxylic acids is 1. The van der Waals surface area contributed by atoms with Gasteiger partial charge >= 0.3 is 5.97 Å². The Hall–Kier alpha value is -2.20. The van der Waals surface area contributed by atoms with Gasteiger partial charge in [0, 0.05) is 10.0 Å². The average Bonchev–Trinajstić information content (AvgIpc) is 2.47. The first-order valence-corrected chi connectivity index (χ1v) is 7.08. The first kappa shape index (κ1) is 13.8. The molecule has 1 N–H and O–H groups in total. The molecule has 0 aliphatic carbocycles. The molecular formula is C17H10BrFO2. The third kappa shape index (κ3) is 2.32. The molecule has 3 rings (SSSR count). The molecule has 4 heteroatoms. The first-order chi connectivity index (χ1) is 10.1. The molecule has 21 heavy (non-hydrogen) atoms. The van der Waals surface area contributed by atoms with Crippen molar-refractivity contribution >= 4 is 32.7 Å². The number of hydrogen-bond acceptors (Lipinski definition) is 1. The summed E-state index contributed by atoms with van der Waals surface area (Å²) in [5.41, 5.74) is 0.708. The second kappa shape index (κ2) is 5.30. The highest BCUT2D eigenvalue weighted by Crippen LogP contribution is 2.36. The van der Waals surface area contributed by atoms with Gasteiger partial charge in [0.1, 0.15) is 11.4 Å². The average molecular weight is 345 g/mol. The van der Waals surface area contributed by atoms with Crippen LogP contribution in [0.3, 0.4) is 0 Å². The van der Waals surface area contributed by atoms with E-state index in [4.69, 9.17) is 0 Å². The van der Waals surface area contributed by atoms with Crippen molar-refractivity contribution in [3.8, 4) is 11.1 Å². The van der Waals surface area contributed by atoms with E-state index in [2.05, 4.69) is 15.9 Å². The van der Waals surface area contributed by atoms with Gasteiger partial charge in [-0.3, -0.25) is 0 Å². The van der Waals surface area contributed by atoms with Crippen LogP contribution < -0.4 is 0 Å². The number of halogens is 2. The molecule has 0 heterocycles. The number of fused-ring (bicyclic) bond motifs is 1. The third-order valence-electron chi connectivity index (χ3n) is 3.38. The van der Waals surface area contributed by atoms with Gasteiger partial charge in [-0.2, -0.15) is 0 Å². The van der Waals surface area contributed by atoms with E-state index in [1.54, 1.807) is 12.1 Å². The molecule has 0 saturated carbocycles. The highest BCUT2D eigenvalue weighted by atomic mass is 79.9. The van der Waals surface area contributed by atoms with E-state index in [9.17, 15) is 14.3 Å². The lowest BCUT2D eigenvalue weighted by atomic mass is 9.97. The van der Waals surface area contributed by atoms with E-state index < -0.39 is 11.8 Å². The zero-order chi connectivity index (χ0) is 15.0. The summed E-state index contributed by atoms with van der Waals surface area (Å²) >= 11 is 3.51. The van der Waals surface area contributed by atoms with Crippen LogP contribution in [0.5, 0.6) is 0 Å². The Morgan fingerprint density at radius 3 is 2.48 bits per heavy atom. The van der Waals surface area contributed by atoms with Crippen LogP contribution in [0.15, 0.2) is 59.1 Å². The minimum absolute atomic E-state index is 0.312. The summed E-state index contributed by atoms with van der Waals surface area (Å²) in [6.07, 6.45) is 0. The third-order valence-corrected chi connectivity index (χ3v) is 4.24. The second-order valence-electron chi connectivity index (χ2n) is 4.62. The van der Waals surface area contributed by atoms with Crippen molar-refractivity contribution in [3.05, 3.63) is 70.5 Å². The lowest BCUT2D eigenvalue weighted by Gasteiger charge is -2.11. The number of benzene rings is 3. The summed E-state index contributed by atoms with van der Waals surface area (Å²) < 4.78 is 14.6. The minimum Gasteiger partial charge on any atom is -0.478 e. The van der Waals surface area contributed by atoms with Crippen LogP contribution in [0, 0.1) is 5.82 Å². The number of carbonyl (C=O) groups is 1. The zero-order valence-corrected chi connectivity index (χ0v) is 12.4. The second-order valence-corrected chi connectivity index (χ2v) is 5.41. The van der Waals surface area contributed by atoms with Crippen molar-refractivity contribution in [2.45, 2.75) is 0 Å². The van der Waals surface area contributed by atoms with Crippen molar-refractivity contribution in [1.29, 1.82) is 0 Å². The maximum Gasteiger partial charge on any atom is 0.339 e. The highest BCUT2D eigenvalue weighted by Gasteiger charge is 2.19. The molecule has 0 atom stereocenters. The summed E-state index contributed by atoms with van der Waals surface area (Å²) in [5.74, 6) is -2.01. The quantitative estimate of drug-likeness (QED) is 0.701. The normalized spacial score (nSPS) is 10.8. The molecule has 0 aliphatic rings. The van der Waals surface area contributed by atoms with Crippen molar-refractivity contribution in [2.24, 2.45) is 0 Å². The van der Waals surface area contributed by atoms with Gasteiger partial charge in [-0.1, -0.05) is 48.5 Å². The highest BCUT2D eigenvalue weighted by molar-refractivity contribution is 9.10. The van der Waals surface area contributed by atoms with Crippen LogP contribution in [0.4, 0.5) is 4.39 Å². The molecule has 0 aliphatic heterocycles. The Bertz CT molecular complexity index is 859. The van der Waals surface area contributed by atoms with E-state index in [0.717, 1.165) is 21.3 Å². The van der Waals surface area contributed by atoms with Crippen molar-refractivity contribution in [2.75, 3.05) is 0 Å². The van der Waals surface area contributed by atoms with Crippen LogP contribution in [-0.4, -0.2) is 11.1 Å². The molecule has 2 nitrogen and oxygen atoms in total. The Labute approximate surface area is 129 Å². The van der Waals surface area contributed by atoms with Gasteiger partial charge in [0.25, 0.3) is 0 Å². The van der Waals surface area contributed by atoms with Crippen LogP contribution in [0.1, 0.15) is 10.4 Å². The van der Waals surface area contributed by atoms with Gasteiger partial charge in [-0.05, 0) is 38.3 Å². The fraction of sp³-hybridized carbons (Fsp3) is 0. The predicted molar refractivity (Wildman–Crippen MR) is 84.0 cm³/mol. The van der Waals surface area contributed by atoms with Gasteiger partial charge in [0.2, 0.25) is 0 Å². The SMILES string of the molecule is O=C(O)c1c(F)cccc1-c1ccc2ccccc2c1Br. The minimum atomic E-state index is -1.27. The fourth-order valence-corrected chi connectivity index (χ4v) is 3.11. The molecule has 0 radical (unpaired) electrons. The summed E-state index contributed by atoms with van der Waals surface area (Å²) in [6.45, 7) is 0. The Morgan fingerprint density at radius 1 is 0.952 bits per heavy atom. The monoisotopic (exact) mass is 344 g/mol. The topological polar surface area (TPSA) is 37.3 Å². The number of carboxylic acid groups (broad SMARTS) is 1. The van der Waals surface area contributed by atoms with E-state index >= 15 is 0 Å². The number of rotatable bonds is 2. The summed E-state index contributed by atoms with van der Waals surface area (Å²) in [4.78, 5) is 11.3. The molecule has 3 aromatic rings. The van der Waals surface area contributed by atoms with Crippen molar-refractivity contribution in [3.63, 3.8) is 0 Å². The smallest absolute Gasteiger partial charge is 0.339 e. The Morgan fingerprint density at radius 2 is 1.71 bits per heavy atom. The van der Waals surface area contributed by atoms with Gasteiger partial charge in [0.05, 0.1) is 0 Å². The van der Waals surface area contributed by atoms with Crippen molar-refractivity contribution < 1.29 is 14.3 Å². The predicted octanol–water partition coefficient (Wildman–Crippen LogP) is 5.11. The van der Waals surface area contributed by atoms with E-state index in [1.807, 2.05) is 30.3 Å². The molecule has 0 saturated heterocycles. The molecule has 0 fully saturated rings. The lowest BCUT2D eigenvalue weighted by molar-refractivity contribution is 0.0693. The standard InChI is InChI=1S/C17H10BrFO2/c18-16-11-5-2-1-4-10(11)8-9-13(16)12-6-3-7-14(19)15(12)17(20)21/h1-9H,(H,20,21). The zero-order valence-electron chi connectivity index (χ0n) is 10.8. The summed E-state index contributed by atoms with van der Waals surface area (Å²) in [5, 5.41) is 11.2. The molecule has 0 aromatic heterocycles. The van der Waals surface area contributed by atoms with Crippen LogP contribution in [0.25, 0.3) is 21.9 Å². The molecule has 0 spiro atoms. The molecular weight excluding hydrogens is 335 g/mol. The Kier molecular flexibility index (Phi) is 3.47. The van der Waals surface area contributed by atoms with Gasteiger partial charge < -0.3 is 5.11 Å². The molecule has 104 valence electrons. The molecule has 0 bridgehead atoms. The summed E-state index contributed by atoms with van der Waals surface area (Å²) in [6, 6.07) is 15.7. The van der Waals surface area contributed by atoms with Crippen LogP contribution in [0.2, 0.25) is 0 Å². The molecule has 3 aromatic carbocycles. The largest absolute Gasteiger partial charge is 0.478 e. The van der Waals surface area contributed by atoms with E-state index in [-0.39, 0.29) is 5.56 Å².